The number of hydrogen-bond acceptors (Lipinski definition) is 4. The molecular formula is C15H17FN2O2. The normalized spacial score (nSPS) is 17.1. The van der Waals surface area contributed by atoms with Gasteiger partial charge in [0.2, 0.25) is 5.89 Å². The van der Waals surface area contributed by atoms with Crippen LogP contribution in [0.25, 0.3) is 0 Å². The van der Waals surface area contributed by atoms with Crippen molar-refractivity contribution in [2.45, 2.75) is 32.9 Å². The van der Waals surface area contributed by atoms with Crippen LogP contribution in [0.5, 0.6) is 5.75 Å². The molecular weight excluding hydrogens is 259 g/mol. The van der Waals surface area contributed by atoms with Gasteiger partial charge < -0.3 is 14.5 Å². The molecule has 5 heteroatoms. The van der Waals surface area contributed by atoms with E-state index in [9.17, 15) is 4.39 Å². The van der Waals surface area contributed by atoms with Crippen LogP contribution in [-0.2, 0) is 13.0 Å². The zero-order valence-electron chi connectivity index (χ0n) is 11.6. The second-order valence-corrected chi connectivity index (χ2v) is 5.08. The van der Waals surface area contributed by atoms with Gasteiger partial charge in [-0.25, -0.2) is 9.37 Å². The number of aromatic nitrogens is 1. The van der Waals surface area contributed by atoms with Crippen LogP contribution in [0, 0.1) is 19.7 Å². The van der Waals surface area contributed by atoms with Gasteiger partial charge in [-0.3, -0.25) is 0 Å². The summed E-state index contributed by atoms with van der Waals surface area (Å²) in [6.45, 7) is 5.07. The highest BCUT2D eigenvalue weighted by Crippen LogP contribution is 2.28. The van der Waals surface area contributed by atoms with E-state index < -0.39 is 0 Å². The van der Waals surface area contributed by atoms with Gasteiger partial charge in [0.15, 0.2) is 0 Å². The number of rotatable bonds is 4. The zero-order chi connectivity index (χ0) is 14.1. The summed E-state index contributed by atoms with van der Waals surface area (Å²) in [6, 6.07) is 4.65. The Kier molecular flexibility index (Phi) is 3.44. The van der Waals surface area contributed by atoms with Gasteiger partial charge in [-0.2, -0.15) is 0 Å². The minimum atomic E-state index is -0.216. The first-order valence-electron chi connectivity index (χ1n) is 6.70. The number of benzene rings is 1. The number of fused-ring (bicyclic) bond motifs is 1. The Labute approximate surface area is 117 Å². The van der Waals surface area contributed by atoms with Crippen LogP contribution in [-0.4, -0.2) is 17.6 Å². The lowest BCUT2D eigenvalue weighted by atomic mass is 10.1. The van der Waals surface area contributed by atoms with Crippen LogP contribution >= 0.6 is 0 Å². The molecule has 1 unspecified atom stereocenters. The number of nitrogens with one attached hydrogen (secondary N) is 1. The first kappa shape index (κ1) is 13.1. The number of ether oxygens (including phenoxy) is 1. The molecule has 3 rings (SSSR count). The smallest absolute Gasteiger partial charge is 0.208 e. The van der Waals surface area contributed by atoms with Crippen LogP contribution in [0.15, 0.2) is 22.6 Å². The van der Waals surface area contributed by atoms with Crippen LogP contribution < -0.4 is 10.1 Å². The summed E-state index contributed by atoms with van der Waals surface area (Å²) in [5.74, 6) is 2.09. The largest absolute Gasteiger partial charge is 0.488 e. The summed E-state index contributed by atoms with van der Waals surface area (Å²) < 4.78 is 24.4. The molecule has 2 aromatic rings. The first-order valence-corrected chi connectivity index (χ1v) is 6.70. The van der Waals surface area contributed by atoms with Crippen LogP contribution in [0.1, 0.15) is 22.9 Å². The Morgan fingerprint density at radius 3 is 3.00 bits per heavy atom. The van der Waals surface area contributed by atoms with E-state index in [1.807, 2.05) is 13.8 Å². The fourth-order valence-electron chi connectivity index (χ4n) is 2.36. The molecule has 0 saturated heterocycles. The number of hydrogen-bond donors (Lipinski definition) is 1. The fourth-order valence-corrected chi connectivity index (χ4v) is 2.36. The fraction of sp³-hybridized carbons (Fsp3) is 0.400. The van der Waals surface area contributed by atoms with Gasteiger partial charge in [-0.15, -0.1) is 0 Å². The molecule has 4 nitrogen and oxygen atoms in total. The van der Waals surface area contributed by atoms with Gasteiger partial charge in [0.1, 0.15) is 23.4 Å². The number of nitrogens with zero attached hydrogens (tertiary/aromatic N) is 1. The summed E-state index contributed by atoms with van der Waals surface area (Å²) in [7, 11) is 0. The summed E-state index contributed by atoms with van der Waals surface area (Å²) in [4.78, 5) is 4.31. The second kappa shape index (κ2) is 5.25. The van der Waals surface area contributed by atoms with Crippen LogP contribution in [0.4, 0.5) is 4.39 Å². The van der Waals surface area contributed by atoms with E-state index in [0.717, 1.165) is 29.2 Å². The average Bonchev–Trinajstić information content (AvgIpc) is 2.93. The zero-order valence-corrected chi connectivity index (χ0v) is 11.6. The molecule has 0 saturated carbocycles. The molecule has 0 amide bonds. The maximum atomic E-state index is 13.1. The van der Waals surface area contributed by atoms with Crippen molar-refractivity contribution in [1.82, 2.24) is 10.3 Å². The minimum Gasteiger partial charge on any atom is -0.488 e. The Morgan fingerprint density at radius 2 is 2.25 bits per heavy atom. The third-order valence-corrected chi connectivity index (χ3v) is 3.48. The van der Waals surface area contributed by atoms with E-state index in [2.05, 4.69) is 10.3 Å². The van der Waals surface area contributed by atoms with Crippen molar-refractivity contribution in [3.05, 3.63) is 46.9 Å². The van der Waals surface area contributed by atoms with Crippen molar-refractivity contribution < 1.29 is 13.5 Å². The highest BCUT2D eigenvalue weighted by Gasteiger charge is 2.22. The van der Waals surface area contributed by atoms with E-state index in [4.69, 9.17) is 9.15 Å². The molecule has 106 valence electrons. The SMILES string of the molecule is Cc1nc(CNCC2Cc3cc(F)ccc3O2)oc1C. The molecule has 0 spiro atoms. The summed E-state index contributed by atoms with van der Waals surface area (Å²) >= 11 is 0. The Morgan fingerprint density at radius 1 is 1.40 bits per heavy atom. The van der Waals surface area contributed by atoms with Crippen molar-refractivity contribution in [3.63, 3.8) is 0 Å². The van der Waals surface area contributed by atoms with Crippen molar-refractivity contribution in [3.8, 4) is 5.75 Å². The standard InChI is InChI=1S/C15H17FN2O2/c1-9-10(2)19-15(18-9)8-17-7-13-6-11-5-12(16)3-4-14(11)20-13/h3-5,13,17H,6-8H2,1-2H3. The third kappa shape index (κ3) is 2.67. The molecule has 0 radical (unpaired) electrons. The van der Waals surface area contributed by atoms with Gasteiger partial charge >= 0.3 is 0 Å². The van der Waals surface area contributed by atoms with Crippen molar-refractivity contribution >= 4 is 0 Å². The van der Waals surface area contributed by atoms with E-state index in [0.29, 0.717) is 19.0 Å². The lowest BCUT2D eigenvalue weighted by Crippen LogP contribution is -2.29. The van der Waals surface area contributed by atoms with E-state index in [-0.39, 0.29) is 11.9 Å². The Hall–Kier alpha value is -1.88. The Balaban J connectivity index is 1.51. The summed E-state index contributed by atoms with van der Waals surface area (Å²) in [6.07, 6.45) is 0.757. The lowest BCUT2D eigenvalue weighted by molar-refractivity contribution is 0.225. The average molecular weight is 276 g/mol. The molecule has 1 aromatic heterocycles. The maximum Gasteiger partial charge on any atom is 0.208 e. The van der Waals surface area contributed by atoms with Gasteiger partial charge in [0.25, 0.3) is 0 Å². The molecule has 1 aromatic carbocycles. The quantitative estimate of drug-likeness (QED) is 0.932. The van der Waals surface area contributed by atoms with Crippen molar-refractivity contribution in [2.24, 2.45) is 0 Å². The molecule has 2 heterocycles. The first-order chi connectivity index (χ1) is 9.61. The minimum absolute atomic E-state index is 0.0314. The van der Waals surface area contributed by atoms with Gasteiger partial charge in [-0.1, -0.05) is 0 Å². The number of halogens is 1. The highest BCUT2D eigenvalue weighted by molar-refractivity contribution is 5.37. The van der Waals surface area contributed by atoms with Gasteiger partial charge in [-0.05, 0) is 32.0 Å². The van der Waals surface area contributed by atoms with E-state index in [1.54, 1.807) is 6.07 Å². The molecule has 1 aliphatic heterocycles. The molecule has 20 heavy (non-hydrogen) atoms. The second-order valence-electron chi connectivity index (χ2n) is 5.08. The molecule has 1 N–H and O–H groups in total. The molecule has 0 fully saturated rings. The molecule has 0 aliphatic carbocycles. The van der Waals surface area contributed by atoms with Crippen molar-refractivity contribution in [2.75, 3.05) is 6.54 Å². The van der Waals surface area contributed by atoms with E-state index >= 15 is 0 Å². The van der Waals surface area contributed by atoms with E-state index in [1.165, 1.54) is 12.1 Å². The number of oxazole rings is 1. The molecule has 1 atom stereocenters. The topological polar surface area (TPSA) is 47.3 Å². The van der Waals surface area contributed by atoms with Crippen LogP contribution in [0.3, 0.4) is 0 Å². The number of aryl methyl sites for hydroxylation is 2. The van der Waals surface area contributed by atoms with Crippen molar-refractivity contribution in [1.29, 1.82) is 0 Å². The van der Waals surface area contributed by atoms with Gasteiger partial charge in [0, 0.05) is 18.5 Å². The highest BCUT2D eigenvalue weighted by atomic mass is 19.1. The summed E-state index contributed by atoms with van der Waals surface area (Å²) in [5.41, 5.74) is 1.85. The predicted molar refractivity (Wildman–Crippen MR) is 72.2 cm³/mol. The molecule has 0 bridgehead atoms. The van der Waals surface area contributed by atoms with Crippen LogP contribution in [0.2, 0.25) is 0 Å². The summed E-state index contributed by atoms with van der Waals surface area (Å²) in [5, 5.41) is 3.26. The maximum absolute atomic E-state index is 13.1. The lowest BCUT2D eigenvalue weighted by Gasteiger charge is -2.10. The van der Waals surface area contributed by atoms with Gasteiger partial charge in [0.05, 0.1) is 12.2 Å². The molecule has 1 aliphatic rings. The predicted octanol–water partition coefficient (Wildman–Crippen LogP) is 2.52. The third-order valence-electron chi connectivity index (χ3n) is 3.48. The monoisotopic (exact) mass is 276 g/mol. The Bertz CT molecular complexity index is 605.